The molecule has 9 nitrogen and oxygen atoms in total. The maximum Gasteiger partial charge on any atom is 0.251 e. The summed E-state index contributed by atoms with van der Waals surface area (Å²) >= 11 is 6.16. The van der Waals surface area contributed by atoms with Crippen LogP contribution in [0, 0.1) is 6.92 Å². The fraction of sp³-hybridized carbons (Fsp3) is 0.310. The van der Waals surface area contributed by atoms with Crippen LogP contribution in [-0.4, -0.2) is 60.7 Å². The zero-order valence-corrected chi connectivity index (χ0v) is 23.8. The van der Waals surface area contributed by atoms with Crippen LogP contribution < -0.4 is 15.5 Å². The van der Waals surface area contributed by atoms with Crippen LogP contribution >= 0.6 is 11.6 Å². The van der Waals surface area contributed by atoms with E-state index < -0.39 is 15.7 Å². The number of fused-ring (bicyclic) bond motifs is 1. The number of carbonyl (C=O) groups is 1. The van der Waals surface area contributed by atoms with Crippen LogP contribution in [-0.2, 0) is 16.4 Å². The molecule has 206 valence electrons. The van der Waals surface area contributed by atoms with Crippen molar-refractivity contribution < 1.29 is 13.2 Å². The molecule has 40 heavy (non-hydrogen) atoms. The molecule has 6 rings (SSSR count). The van der Waals surface area contributed by atoms with Crippen LogP contribution in [0.25, 0.3) is 22.3 Å². The number of nitrogens with one attached hydrogen (secondary N) is 2. The Hall–Kier alpha value is -3.60. The van der Waals surface area contributed by atoms with E-state index in [4.69, 9.17) is 21.6 Å². The topological polar surface area (TPSA) is 117 Å². The second-order valence-corrected chi connectivity index (χ2v) is 13.0. The first-order valence-electron chi connectivity index (χ1n) is 13.1. The number of amides is 1. The summed E-state index contributed by atoms with van der Waals surface area (Å²) in [5.41, 5.74) is 3.91. The van der Waals surface area contributed by atoms with Gasteiger partial charge in [-0.1, -0.05) is 17.7 Å². The van der Waals surface area contributed by atoms with Crippen molar-refractivity contribution in [1.29, 1.82) is 0 Å². The zero-order chi connectivity index (χ0) is 28.1. The minimum atomic E-state index is -3.59. The summed E-state index contributed by atoms with van der Waals surface area (Å²) in [6.07, 6.45) is 5.22. The van der Waals surface area contributed by atoms with E-state index in [0.717, 1.165) is 54.0 Å². The fourth-order valence-corrected chi connectivity index (χ4v) is 6.45. The Balaban J connectivity index is 1.20. The third kappa shape index (κ3) is 5.39. The summed E-state index contributed by atoms with van der Waals surface area (Å²) in [7, 11) is -3.59. The van der Waals surface area contributed by atoms with Gasteiger partial charge in [0.15, 0.2) is 9.84 Å². The largest absolute Gasteiger partial charge is 0.353 e. The number of anilines is 1. The molecular weight excluding hydrogens is 548 g/mol. The van der Waals surface area contributed by atoms with E-state index in [-0.39, 0.29) is 27.6 Å². The summed E-state index contributed by atoms with van der Waals surface area (Å²) in [4.78, 5) is 29.4. The van der Waals surface area contributed by atoms with Gasteiger partial charge in [-0.2, -0.15) is 0 Å². The molecule has 2 aliphatic rings. The number of aryl methyl sites for hydroxylation is 1. The summed E-state index contributed by atoms with van der Waals surface area (Å²) < 4.78 is 24.2. The SMILES string of the molecule is Cc1cc(C(=O)NCc2cc3nc(-c4cccc(N5CCNC6(CC6)C5)n4)ccc3cn2)cc(S(C)(=O)=O)c1Cl. The molecular formula is C29H29ClN6O3S. The van der Waals surface area contributed by atoms with Crippen LogP contribution in [0.4, 0.5) is 5.82 Å². The number of nitrogens with zero attached hydrogens (tertiary/aromatic N) is 4. The molecule has 1 aliphatic carbocycles. The van der Waals surface area contributed by atoms with Crippen molar-refractivity contribution >= 4 is 44.1 Å². The van der Waals surface area contributed by atoms with Crippen molar-refractivity contribution in [3.63, 3.8) is 0 Å². The predicted molar refractivity (Wildman–Crippen MR) is 155 cm³/mol. The van der Waals surface area contributed by atoms with Crippen molar-refractivity contribution in [2.45, 2.75) is 36.7 Å². The molecule has 11 heteroatoms. The number of halogens is 1. The van der Waals surface area contributed by atoms with Gasteiger partial charge in [0.25, 0.3) is 5.91 Å². The van der Waals surface area contributed by atoms with Gasteiger partial charge >= 0.3 is 0 Å². The molecule has 0 unspecified atom stereocenters. The van der Waals surface area contributed by atoms with E-state index >= 15 is 0 Å². The van der Waals surface area contributed by atoms with Gasteiger partial charge in [0.05, 0.1) is 39.1 Å². The molecule has 2 N–H and O–H groups in total. The Morgan fingerprint density at radius 3 is 2.70 bits per heavy atom. The van der Waals surface area contributed by atoms with Crippen LogP contribution in [0.5, 0.6) is 0 Å². The fourth-order valence-electron chi connectivity index (χ4n) is 5.09. The highest BCUT2D eigenvalue weighted by atomic mass is 35.5. The monoisotopic (exact) mass is 576 g/mol. The maximum absolute atomic E-state index is 12.9. The number of hydrogen-bond donors (Lipinski definition) is 2. The average molecular weight is 577 g/mol. The number of hydrogen-bond acceptors (Lipinski definition) is 8. The van der Waals surface area contributed by atoms with Crippen molar-refractivity contribution in [3.8, 4) is 11.4 Å². The first-order chi connectivity index (χ1) is 19.1. The molecule has 1 aromatic carbocycles. The molecule has 1 saturated carbocycles. The zero-order valence-electron chi connectivity index (χ0n) is 22.2. The van der Waals surface area contributed by atoms with Gasteiger partial charge in [-0.05, 0) is 67.8 Å². The van der Waals surface area contributed by atoms with Crippen LogP contribution in [0.1, 0.15) is 34.5 Å². The number of rotatable bonds is 6. The number of piperazine rings is 1. The Morgan fingerprint density at radius 2 is 1.93 bits per heavy atom. The highest BCUT2D eigenvalue weighted by molar-refractivity contribution is 7.90. The highest BCUT2D eigenvalue weighted by Crippen LogP contribution is 2.38. The molecule has 1 aliphatic heterocycles. The lowest BCUT2D eigenvalue weighted by atomic mass is 10.1. The number of carbonyl (C=O) groups excluding carboxylic acids is 1. The summed E-state index contributed by atoms with van der Waals surface area (Å²) in [6, 6.07) is 14.7. The smallest absolute Gasteiger partial charge is 0.251 e. The molecule has 1 saturated heterocycles. The van der Waals surface area contributed by atoms with E-state index in [1.165, 1.54) is 18.9 Å². The van der Waals surface area contributed by atoms with E-state index in [9.17, 15) is 13.2 Å². The molecule has 1 spiro atoms. The lowest BCUT2D eigenvalue weighted by molar-refractivity contribution is 0.0950. The summed E-state index contributed by atoms with van der Waals surface area (Å²) in [5, 5.41) is 7.45. The first-order valence-corrected chi connectivity index (χ1v) is 15.4. The second-order valence-electron chi connectivity index (χ2n) is 10.6. The number of pyridine rings is 3. The Kier molecular flexibility index (Phi) is 6.72. The van der Waals surface area contributed by atoms with E-state index in [0.29, 0.717) is 11.3 Å². The van der Waals surface area contributed by atoms with E-state index in [1.54, 1.807) is 19.2 Å². The number of sulfone groups is 1. The molecule has 4 heterocycles. The first kappa shape index (κ1) is 26.6. The van der Waals surface area contributed by atoms with Gasteiger partial charge in [0.1, 0.15) is 5.82 Å². The van der Waals surface area contributed by atoms with Gasteiger partial charge in [0.2, 0.25) is 0 Å². The number of benzene rings is 1. The minimum Gasteiger partial charge on any atom is -0.353 e. The second kappa shape index (κ2) is 10.1. The third-order valence-corrected chi connectivity index (χ3v) is 9.23. The molecule has 4 aromatic rings. The Bertz CT molecular complexity index is 1760. The van der Waals surface area contributed by atoms with Crippen LogP contribution in [0.15, 0.2) is 59.6 Å². The lowest BCUT2D eigenvalue weighted by Crippen LogP contribution is -2.52. The van der Waals surface area contributed by atoms with Gasteiger partial charge in [-0.3, -0.25) is 9.78 Å². The third-order valence-electron chi connectivity index (χ3n) is 7.49. The van der Waals surface area contributed by atoms with Crippen molar-refractivity contribution in [2.24, 2.45) is 0 Å². The average Bonchev–Trinajstić information content (AvgIpc) is 3.69. The van der Waals surface area contributed by atoms with Crippen LogP contribution in [0.2, 0.25) is 5.02 Å². The van der Waals surface area contributed by atoms with Crippen molar-refractivity contribution in [1.82, 2.24) is 25.6 Å². The van der Waals surface area contributed by atoms with Gasteiger partial charge in [-0.25, -0.2) is 18.4 Å². The normalized spacial score (nSPS) is 16.3. The molecule has 0 atom stereocenters. The van der Waals surface area contributed by atoms with Crippen molar-refractivity contribution in [3.05, 3.63) is 76.6 Å². The molecule has 0 radical (unpaired) electrons. The molecule has 0 bridgehead atoms. The quantitative estimate of drug-likeness (QED) is 0.355. The van der Waals surface area contributed by atoms with E-state index in [1.807, 2.05) is 30.3 Å². The van der Waals surface area contributed by atoms with Gasteiger partial charge < -0.3 is 15.5 Å². The standard InChI is InChI=1S/C29H29ClN6O3S/c1-18-12-20(13-25(27(18)30)40(2,38)39)28(37)32-16-21-14-24-19(15-31-21)6-7-23(34-24)22-4-3-5-26(35-22)36-11-10-33-29(17-36)8-9-29/h3-7,12-15,33H,8-11,16-17H2,1-2H3,(H,32,37). The molecule has 2 fully saturated rings. The lowest BCUT2D eigenvalue weighted by Gasteiger charge is -2.35. The Labute approximate surface area is 237 Å². The van der Waals surface area contributed by atoms with Crippen LogP contribution in [0.3, 0.4) is 0 Å². The predicted octanol–water partition coefficient (Wildman–Crippen LogP) is 3.93. The van der Waals surface area contributed by atoms with Gasteiger partial charge in [-0.15, -0.1) is 0 Å². The minimum absolute atomic E-state index is 0.0680. The van der Waals surface area contributed by atoms with Gasteiger partial charge in [0, 0.05) is 48.6 Å². The maximum atomic E-state index is 12.9. The molecule has 1 amide bonds. The van der Waals surface area contributed by atoms with E-state index in [2.05, 4.69) is 26.6 Å². The summed E-state index contributed by atoms with van der Waals surface area (Å²) in [6.45, 7) is 4.67. The van der Waals surface area contributed by atoms with Crippen molar-refractivity contribution in [2.75, 3.05) is 30.8 Å². The summed E-state index contributed by atoms with van der Waals surface area (Å²) in [5.74, 6) is 0.539. The Morgan fingerprint density at radius 1 is 1.12 bits per heavy atom. The highest BCUT2D eigenvalue weighted by Gasteiger charge is 2.45. The number of aromatic nitrogens is 3. The molecule has 3 aromatic heterocycles.